The number of nitrogens with zero attached hydrogens (tertiary/aromatic N) is 1. The number of ether oxygens (including phenoxy) is 1. The quantitative estimate of drug-likeness (QED) is 0.422. The normalized spacial score (nSPS) is 22.0. The molecule has 1 aromatic carbocycles. The molecule has 1 aromatic heterocycles. The van der Waals surface area contributed by atoms with Crippen molar-refractivity contribution in [3.63, 3.8) is 0 Å². The predicted molar refractivity (Wildman–Crippen MR) is 147 cm³/mol. The van der Waals surface area contributed by atoms with E-state index in [2.05, 4.69) is 21.7 Å². The van der Waals surface area contributed by atoms with E-state index < -0.39 is 0 Å². The number of halogens is 1. The molecule has 7 nitrogen and oxygen atoms in total. The molecular formula is C29H37ClN4O3. The Morgan fingerprint density at radius 3 is 2.78 bits per heavy atom. The summed E-state index contributed by atoms with van der Waals surface area (Å²) in [4.78, 5) is 31.1. The van der Waals surface area contributed by atoms with Crippen LogP contribution in [0.4, 0.5) is 4.79 Å². The minimum Gasteiger partial charge on any atom is -0.450 e. The van der Waals surface area contributed by atoms with Gasteiger partial charge in [-0.3, -0.25) is 9.69 Å². The van der Waals surface area contributed by atoms with Gasteiger partial charge in [0.15, 0.2) is 0 Å². The number of rotatable bonds is 7. The number of carbonyl (C=O) groups is 2. The van der Waals surface area contributed by atoms with Crippen LogP contribution in [0.3, 0.4) is 0 Å². The van der Waals surface area contributed by atoms with Crippen molar-refractivity contribution in [1.29, 1.82) is 0 Å². The molecule has 2 atom stereocenters. The smallest absolute Gasteiger partial charge is 0.410 e. The van der Waals surface area contributed by atoms with E-state index in [1.54, 1.807) is 0 Å². The van der Waals surface area contributed by atoms with E-state index in [4.69, 9.17) is 16.3 Å². The highest BCUT2D eigenvalue weighted by Crippen LogP contribution is 2.42. The van der Waals surface area contributed by atoms with Crippen LogP contribution < -0.4 is 10.6 Å². The number of nitrogens with one attached hydrogen (secondary N) is 3. The van der Waals surface area contributed by atoms with Gasteiger partial charge < -0.3 is 20.4 Å². The zero-order chi connectivity index (χ0) is 25.8. The number of H-pyrrole nitrogens is 1. The molecule has 2 aromatic rings. The Morgan fingerprint density at radius 2 is 2.03 bits per heavy atom. The fourth-order valence-corrected chi connectivity index (χ4v) is 6.22. The van der Waals surface area contributed by atoms with E-state index in [0.29, 0.717) is 42.8 Å². The molecule has 3 aliphatic rings. The fourth-order valence-electron chi connectivity index (χ4n) is 6.05. The van der Waals surface area contributed by atoms with Crippen molar-refractivity contribution in [2.24, 2.45) is 5.92 Å². The summed E-state index contributed by atoms with van der Waals surface area (Å²) in [5.41, 5.74) is 3.93. The Bertz CT molecular complexity index is 1200. The minimum atomic E-state index is -0.304. The Hall–Kier alpha value is -2.77. The van der Waals surface area contributed by atoms with Crippen LogP contribution in [0.2, 0.25) is 5.02 Å². The molecule has 2 unspecified atom stereocenters. The highest BCUT2D eigenvalue weighted by atomic mass is 35.5. The minimum absolute atomic E-state index is 0.0245. The number of carbonyl (C=O) groups excluding carboxylic acids is 2. The van der Waals surface area contributed by atoms with Crippen molar-refractivity contribution in [2.75, 3.05) is 26.2 Å². The number of allylic oxidation sites excluding steroid dienone is 1. The lowest BCUT2D eigenvalue weighted by Gasteiger charge is -2.39. The van der Waals surface area contributed by atoms with Gasteiger partial charge >= 0.3 is 6.09 Å². The maximum atomic E-state index is 12.9. The number of benzene rings is 1. The number of amides is 2. The molecule has 1 fully saturated rings. The molecular weight excluding hydrogens is 488 g/mol. The summed E-state index contributed by atoms with van der Waals surface area (Å²) in [6.07, 6.45) is 13.5. The van der Waals surface area contributed by atoms with Crippen LogP contribution in [0.1, 0.15) is 62.7 Å². The molecule has 1 saturated carbocycles. The van der Waals surface area contributed by atoms with Gasteiger partial charge in [-0.2, -0.15) is 0 Å². The van der Waals surface area contributed by atoms with Crippen molar-refractivity contribution >= 4 is 34.5 Å². The third kappa shape index (κ3) is 5.73. The van der Waals surface area contributed by atoms with Crippen LogP contribution in [0.5, 0.6) is 0 Å². The summed E-state index contributed by atoms with van der Waals surface area (Å²) in [6, 6.07) is 6.24. The molecule has 0 saturated heterocycles. The maximum absolute atomic E-state index is 12.9. The van der Waals surface area contributed by atoms with Crippen molar-refractivity contribution in [1.82, 2.24) is 20.5 Å². The average Bonchev–Trinajstić information content (AvgIpc) is 3.29. The first-order valence-electron chi connectivity index (χ1n) is 13.7. The van der Waals surface area contributed by atoms with Crippen LogP contribution in [-0.4, -0.2) is 54.2 Å². The number of hydrogen-bond donors (Lipinski definition) is 3. The first-order chi connectivity index (χ1) is 18.0. The molecule has 37 heavy (non-hydrogen) atoms. The zero-order valence-electron chi connectivity index (χ0n) is 21.5. The van der Waals surface area contributed by atoms with Gasteiger partial charge in [0.1, 0.15) is 0 Å². The van der Waals surface area contributed by atoms with Gasteiger partial charge in [-0.15, -0.1) is 0 Å². The van der Waals surface area contributed by atoms with E-state index in [1.807, 2.05) is 42.2 Å². The molecule has 5 rings (SSSR count). The van der Waals surface area contributed by atoms with E-state index >= 15 is 0 Å². The van der Waals surface area contributed by atoms with Crippen LogP contribution >= 0.6 is 11.6 Å². The van der Waals surface area contributed by atoms with Crippen molar-refractivity contribution in [3.05, 3.63) is 58.3 Å². The monoisotopic (exact) mass is 524 g/mol. The number of aromatic nitrogens is 1. The lowest BCUT2D eigenvalue weighted by atomic mass is 9.83. The Balaban J connectivity index is 1.27. The maximum Gasteiger partial charge on any atom is 0.410 e. The third-order valence-electron chi connectivity index (χ3n) is 7.89. The van der Waals surface area contributed by atoms with Gasteiger partial charge in [0.2, 0.25) is 0 Å². The Kier molecular flexibility index (Phi) is 8.20. The van der Waals surface area contributed by atoms with Gasteiger partial charge in [0.25, 0.3) is 5.91 Å². The highest BCUT2D eigenvalue weighted by molar-refractivity contribution is 6.31. The van der Waals surface area contributed by atoms with Gasteiger partial charge in [0.05, 0.1) is 12.6 Å². The molecule has 2 aliphatic carbocycles. The van der Waals surface area contributed by atoms with Crippen LogP contribution in [0.25, 0.3) is 10.9 Å². The average molecular weight is 525 g/mol. The number of hydrogen-bond acceptors (Lipinski definition) is 4. The van der Waals surface area contributed by atoms with Crippen molar-refractivity contribution < 1.29 is 14.3 Å². The Morgan fingerprint density at radius 1 is 1.19 bits per heavy atom. The molecule has 8 heteroatoms. The van der Waals surface area contributed by atoms with E-state index in [-0.39, 0.29) is 24.0 Å². The first kappa shape index (κ1) is 25.9. The first-order valence-corrected chi connectivity index (χ1v) is 14.1. The highest BCUT2D eigenvalue weighted by Gasteiger charge is 2.38. The largest absolute Gasteiger partial charge is 0.450 e. The Labute approximate surface area is 223 Å². The van der Waals surface area contributed by atoms with E-state index in [9.17, 15) is 9.59 Å². The second-order valence-electron chi connectivity index (χ2n) is 10.3. The summed E-state index contributed by atoms with van der Waals surface area (Å²) in [7, 11) is 0. The third-order valence-corrected chi connectivity index (χ3v) is 8.12. The standard InChI is InChI=1S/C29H37ClN4O3/c1-2-37-29(36)34-17-14-23-24-18-21(30)12-13-25(24)33-26(23)27(34)19-8-10-20(11-9-19)28(35)32-16-15-31-22-6-4-3-5-7-22/h8,10-13,18-19,22,27,31,33H,2-7,9,14-17H2,1H3,(H,32,35). The lowest BCUT2D eigenvalue weighted by Crippen LogP contribution is -2.43. The molecule has 0 spiro atoms. The molecule has 2 amide bonds. The second kappa shape index (κ2) is 11.7. The topological polar surface area (TPSA) is 86.5 Å². The zero-order valence-corrected chi connectivity index (χ0v) is 22.3. The SMILES string of the molecule is CCOC(=O)N1CCc2c([nH]c3ccc(Cl)cc23)C1C1C=CC(C(=O)NCCNC2CCCCC2)=CC1. The van der Waals surface area contributed by atoms with E-state index in [1.165, 1.54) is 37.7 Å². The molecule has 0 bridgehead atoms. The summed E-state index contributed by atoms with van der Waals surface area (Å²) in [5.74, 6) is -0.0245. The summed E-state index contributed by atoms with van der Waals surface area (Å²) in [6.45, 7) is 4.14. The van der Waals surface area contributed by atoms with Crippen LogP contribution in [0.15, 0.2) is 42.0 Å². The second-order valence-corrected chi connectivity index (χ2v) is 10.7. The van der Waals surface area contributed by atoms with Gasteiger partial charge in [-0.25, -0.2) is 4.79 Å². The van der Waals surface area contributed by atoms with E-state index in [0.717, 1.165) is 29.6 Å². The number of aromatic amines is 1. The fraction of sp³-hybridized carbons (Fsp3) is 0.517. The van der Waals surface area contributed by atoms with Gasteiger partial charge in [-0.05, 0) is 56.4 Å². The van der Waals surface area contributed by atoms with Crippen LogP contribution in [-0.2, 0) is 16.0 Å². The molecule has 198 valence electrons. The molecule has 0 radical (unpaired) electrons. The molecule has 3 N–H and O–H groups in total. The van der Waals surface area contributed by atoms with Crippen LogP contribution in [0, 0.1) is 5.92 Å². The van der Waals surface area contributed by atoms with Crippen molar-refractivity contribution in [2.45, 2.75) is 64.0 Å². The lowest BCUT2D eigenvalue weighted by molar-refractivity contribution is -0.117. The van der Waals surface area contributed by atoms with Gasteiger partial charge in [0, 0.05) is 58.8 Å². The summed E-state index contributed by atoms with van der Waals surface area (Å²) >= 11 is 6.29. The summed E-state index contributed by atoms with van der Waals surface area (Å²) < 4.78 is 5.41. The van der Waals surface area contributed by atoms with Crippen molar-refractivity contribution in [3.8, 4) is 0 Å². The number of fused-ring (bicyclic) bond motifs is 3. The molecule has 1 aliphatic heterocycles. The van der Waals surface area contributed by atoms with Gasteiger partial charge in [-0.1, -0.05) is 49.1 Å². The predicted octanol–water partition coefficient (Wildman–Crippen LogP) is 5.42. The summed E-state index contributed by atoms with van der Waals surface area (Å²) in [5, 5.41) is 8.41. The molecule has 2 heterocycles.